The third kappa shape index (κ3) is 4.98. The molecule has 1 amide bonds. The first-order valence-electron chi connectivity index (χ1n) is 6.35. The predicted molar refractivity (Wildman–Crippen MR) is 99.7 cm³/mol. The first-order chi connectivity index (χ1) is 10.4. The van der Waals surface area contributed by atoms with Crippen LogP contribution >= 0.6 is 39.7 Å². The Morgan fingerprint density at radius 3 is 2.05 bits per heavy atom. The second-order valence-corrected chi connectivity index (χ2v) is 6.14. The summed E-state index contributed by atoms with van der Waals surface area (Å²) in [4.78, 5) is 11.0. The van der Waals surface area contributed by atoms with Gasteiger partial charge in [-0.25, -0.2) is 0 Å². The molecule has 0 unspecified atom stereocenters. The molecule has 114 valence electrons. The Morgan fingerprint density at radius 2 is 1.50 bits per heavy atom. The van der Waals surface area contributed by atoms with Gasteiger partial charge in [0, 0.05) is 28.5 Å². The molecule has 0 aliphatic carbocycles. The second kappa shape index (κ2) is 7.58. The molecule has 0 aliphatic rings. The SMILES string of the molecule is CC(=O)Nc1ccc(NC(=S)Nc2ccc(Br)c(Cl)c2)cc1. The number of nitrogens with one attached hydrogen (secondary N) is 3. The van der Waals surface area contributed by atoms with Gasteiger partial charge < -0.3 is 16.0 Å². The smallest absolute Gasteiger partial charge is 0.221 e. The molecule has 7 heteroatoms. The van der Waals surface area contributed by atoms with Gasteiger partial charge in [-0.2, -0.15) is 0 Å². The van der Waals surface area contributed by atoms with Gasteiger partial charge in [0.05, 0.1) is 5.02 Å². The zero-order valence-electron chi connectivity index (χ0n) is 11.6. The van der Waals surface area contributed by atoms with Crippen molar-refractivity contribution in [3.8, 4) is 0 Å². The van der Waals surface area contributed by atoms with Gasteiger partial charge in [0.15, 0.2) is 5.11 Å². The molecule has 2 aromatic carbocycles. The summed E-state index contributed by atoms with van der Waals surface area (Å²) in [5, 5.41) is 9.86. The first-order valence-corrected chi connectivity index (χ1v) is 7.92. The summed E-state index contributed by atoms with van der Waals surface area (Å²) >= 11 is 14.6. The van der Waals surface area contributed by atoms with Gasteiger partial charge in [0.2, 0.25) is 5.91 Å². The number of carbonyl (C=O) groups excluding carboxylic acids is 1. The highest BCUT2D eigenvalue weighted by molar-refractivity contribution is 9.10. The van der Waals surface area contributed by atoms with Crippen LogP contribution in [0.15, 0.2) is 46.9 Å². The van der Waals surface area contributed by atoms with E-state index < -0.39 is 0 Å². The Hall–Kier alpha value is -1.63. The number of carbonyl (C=O) groups is 1. The number of halogens is 2. The van der Waals surface area contributed by atoms with E-state index in [1.54, 1.807) is 18.2 Å². The lowest BCUT2D eigenvalue weighted by atomic mass is 10.3. The largest absolute Gasteiger partial charge is 0.332 e. The van der Waals surface area contributed by atoms with Crippen molar-refractivity contribution in [3.05, 3.63) is 52.0 Å². The van der Waals surface area contributed by atoms with Gasteiger partial charge >= 0.3 is 0 Å². The third-order valence-corrected chi connectivity index (χ3v) is 4.08. The molecule has 0 bridgehead atoms. The molecule has 0 saturated heterocycles. The Labute approximate surface area is 147 Å². The number of amides is 1. The Kier molecular flexibility index (Phi) is 5.76. The van der Waals surface area contributed by atoms with Crippen molar-refractivity contribution in [1.29, 1.82) is 0 Å². The number of thiocarbonyl (C=S) groups is 1. The average molecular weight is 399 g/mol. The summed E-state index contributed by atoms with van der Waals surface area (Å²) in [7, 11) is 0. The monoisotopic (exact) mass is 397 g/mol. The number of benzene rings is 2. The molecule has 2 aromatic rings. The lowest BCUT2D eigenvalue weighted by Crippen LogP contribution is -2.19. The van der Waals surface area contributed by atoms with Crippen LogP contribution in [0.1, 0.15) is 6.92 Å². The molecule has 0 fully saturated rings. The minimum atomic E-state index is -0.106. The lowest BCUT2D eigenvalue weighted by Gasteiger charge is -2.11. The van der Waals surface area contributed by atoms with E-state index in [1.807, 2.05) is 24.3 Å². The summed E-state index contributed by atoms with van der Waals surface area (Å²) in [5.74, 6) is -0.106. The fraction of sp³-hybridized carbons (Fsp3) is 0.0667. The van der Waals surface area contributed by atoms with E-state index in [9.17, 15) is 4.79 Å². The third-order valence-electron chi connectivity index (χ3n) is 2.64. The maximum absolute atomic E-state index is 11.0. The van der Waals surface area contributed by atoms with Crippen LogP contribution in [0.25, 0.3) is 0 Å². The molecular formula is C15H13BrClN3OS. The molecule has 4 nitrogen and oxygen atoms in total. The van der Waals surface area contributed by atoms with Crippen LogP contribution in [-0.2, 0) is 4.79 Å². The van der Waals surface area contributed by atoms with Crippen LogP contribution in [0.5, 0.6) is 0 Å². The summed E-state index contributed by atoms with van der Waals surface area (Å²) in [6, 6.07) is 12.7. The average Bonchev–Trinajstić information content (AvgIpc) is 2.44. The van der Waals surface area contributed by atoms with E-state index >= 15 is 0 Å². The van der Waals surface area contributed by atoms with Gasteiger partial charge in [-0.3, -0.25) is 4.79 Å². The summed E-state index contributed by atoms with van der Waals surface area (Å²) in [6.07, 6.45) is 0. The van der Waals surface area contributed by atoms with Gasteiger partial charge in [-0.15, -0.1) is 0 Å². The van der Waals surface area contributed by atoms with Crippen molar-refractivity contribution in [2.75, 3.05) is 16.0 Å². The van der Waals surface area contributed by atoms with Crippen LogP contribution in [-0.4, -0.2) is 11.0 Å². The maximum Gasteiger partial charge on any atom is 0.221 e. The number of anilines is 3. The molecule has 0 radical (unpaired) electrons. The summed E-state index contributed by atoms with van der Waals surface area (Å²) < 4.78 is 0.826. The van der Waals surface area contributed by atoms with Gasteiger partial charge in [-0.1, -0.05) is 11.6 Å². The molecule has 0 saturated carbocycles. The van der Waals surface area contributed by atoms with E-state index in [0.29, 0.717) is 10.1 Å². The zero-order valence-corrected chi connectivity index (χ0v) is 14.8. The highest BCUT2D eigenvalue weighted by Gasteiger charge is 2.02. The van der Waals surface area contributed by atoms with Crippen LogP contribution in [0, 0.1) is 0 Å². The Bertz CT molecular complexity index is 706. The Balaban J connectivity index is 1.96. The van der Waals surface area contributed by atoms with Crippen molar-refractivity contribution in [2.45, 2.75) is 6.92 Å². The summed E-state index contributed by atoms with van der Waals surface area (Å²) in [5.41, 5.74) is 2.34. The number of rotatable bonds is 3. The normalized spacial score (nSPS) is 9.95. The van der Waals surface area contributed by atoms with E-state index in [0.717, 1.165) is 21.5 Å². The van der Waals surface area contributed by atoms with Gasteiger partial charge in [0.1, 0.15) is 0 Å². The topological polar surface area (TPSA) is 53.2 Å². The van der Waals surface area contributed by atoms with Crippen molar-refractivity contribution < 1.29 is 4.79 Å². The second-order valence-electron chi connectivity index (χ2n) is 4.47. The zero-order chi connectivity index (χ0) is 16.1. The first kappa shape index (κ1) is 16.7. The Morgan fingerprint density at radius 1 is 1.00 bits per heavy atom. The fourth-order valence-corrected chi connectivity index (χ4v) is 2.37. The molecule has 0 heterocycles. The minimum Gasteiger partial charge on any atom is -0.332 e. The van der Waals surface area contributed by atoms with Crippen LogP contribution in [0.2, 0.25) is 5.02 Å². The fourth-order valence-electron chi connectivity index (χ4n) is 1.71. The lowest BCUT2D eigenvalue weighted by molar-refractivity contribution is -0.114. The summed E-state index contributed by atoms with van der Waals surface area (Å²) in [6.45, 7) is 1.47. The maximum atomic E-state index is 11.0. The molecule has 0 atom stereocenters. The minimum absolute atomic E-state index is 0.106. The van der Waals surface area contributed by atoms with Crippen molar-refractivity contribution in [3.63, 3.8) is 0 Å². The van der Waals surface area contributed by atoms with Crippen molar-refractivity contribution in [1.82, 2.24) is 0 Å². The van der Waals surface area contributed by atoms with Crippen molar-refractivity contribution >= 4 is 67.8 Å². The molecule has 3 N–H and O–H groups in total. The predicted octanol–water partition coefficient (Wildman–Crippen LogP) is 4.87. The van der Waals surface area contributed by atoms with E-state index in [-0.39, 0.29) is 5.91 Å². The highest BCUT2D eigenvalue weighted by atomic mass is 79.9. The number of hydrogen-bond acceptors (Lipinski definition) is 2. The van der Waals surface area contributed by atoms with E-state index in [4.69, 9.17) is 23.8 Å². The molecular weight excluding hydrogens is 386 g/mol. The number of hydrogen-bond donors (Lipinski definition) is 3. The van der Waals surface area contributed by atoms with Crippen LogP contribution in [0.4, 0.5) is 17.1 Å². The van der Waals surface area contributed by atoms with Crippen molar-refractivity contribution in [2.24, 2.45) is 0 Å². The molecule has 0 aromatic heterocycles. The molecule has 22 heavy (non-hydrogen) atoms. The standard InChI is InChI=1S/C15H13BrClN3OS/c1-9(21)18-10-2-4-11(5-3-10)19-15(22)20-12-6-7-13(16)14(17)8-12/h2-8H,1H3,(H,18,21)(H2,19,20,22). The van der Waals surface area contributed by atoms with E-state index in [1.165, 1.54) is 6.92 Å². The van der Waals surface area contributed by atoms with E-state index in [2.05, 4.69) is 31.9 Å². The molecule has 0 spiro atoms. The quantitative estimate of drug-likeness (QED) is 0.646. The molecule has 2 rings (SSSR count). The van der Waals surface area contributed by atoms with Gasteiger partial charge in [-0.05, 0) is 70.6 Å². The highest BCUT2D eigenvalue weighted by Crippen LogP contribution is 2.25. The molecule has 0 aliphatic heterocycles. The van der Waals surface area contributed by atoms with Gasteiger partial charge in [0.25, 0.3) is 0 Å². The van der Waals surface area contributed by atoms with Crippen LogP contribution < -0.4 is 16.0 Å². The van der Waals surface area contributed by atoms with Crippen LogP contribution in [0.3, 0.4) is 0 Å².